The van der Waals surface area contributed by atoms with Crippen molar-refractivity contribution in [1.82, 2.24) is 15.1 Å². The number of piperidine rings is 2. The fraction of sp³-hybridized carbons (Fsp3) is 0.650. The van der Waals surface area contributed by atoms with E-state index in [0.29, 0.717) is 45.1 Å². The first-order valence-corrected chi connectivity index (χ1v) is 9.94. The molecule has 0 aliphatic carbocycles. The van der Waals surface area contributed by atoms with Crippen LogP contribution >= 0.6 is 0 Å². The van der Waals surface area contributed by atoms with Crippen LogP contribution in [0.25, 0.3) is 0 Å². The fourth-order valence-corrected chi connectivity index (χ4v) is 4.09. The van der Waals surface area contributed by atoms with Crippen LogP contribution in [0.15, 0.2) is 30.3 Å². The summed E-state index contributed by atoms with van der Waals surface area (Å²) in [6.45, 7) is 1.26. The van der Waals surface area contributed by atoms with Crippen molar-refractivity contribution in [3.63, 3.8) is 0 Å². The number of alkyl halides is 3. The summed E-state index contributed by atoms with van der Waals surface area (Å²) < 4.78 is 37.4. The number of rotatable bonds is 4. The van der Waals surface area contributed by atoms with Gasteiger partial charge in [0.1, 0.15) is 0 Å². The average molecular weight is 398 g/mol. The van der Waals surface area contributed by atoms with Gasteiger partial charge in [-0.25, -0.2) is 4.79 Å². The molecule has 3 rings (SSSR count). The highest BCUT2D eigenvalue weighted by atomic mass is 19.4. The molecule has 0 radical (unpaired) electrons. The number of nitrogens with zero attached hydrogens (tertiary/aromatic N) is 3. The molecule has 2 aliphatic rings. The molecule has 0 unspecified atom stereocenters. The quantitative estimate of drug-likeness (QED) is 0.846. The number of likely N-dealkylation sites (tertiary alicyclic amines) is 2. The molecule has 0 bridgehead atoms. The zero-order valence-corrected chi connectivity index (χ0v) is 16.3. The van der Waals surface area contributed by atoms with Gasteiger partial charge in [-0.3, -0.25) is 4.90 Å². The summed E-state index contributed by atoms with van der Waals surface area (Å²) in [5.41, 5.74) is 1.18. The molecule has 0 spiro atoms. The van der Waals surface area contributed by atoms with Gasteiger partial charge < -0.3 is 15.1 Å². The highest BCUT2D eigenvalue weighted by molar-refractivity contribution is 5.74. The van der Waals surface area contributed by atoms with E-state index in [-0.39, 0.29) is 12.1 Å². The number of hydrogen-bond donors (Lipinski definition) is 1. The van der Waals surface area contributed by atoms with Crippen molar-refractivity contribution in [3.05, 3.63) is 30.3 Å². The maximum Gasteiger partial charge on any atom is 0.401 e. The van der Waals surface area contributed by atoms with E-state index in [9.17, 15) is 18.0 Å². The summed E-state index contributed by atoms with van der Waals surface area (Å²) in [6, 6.07) is 10.5. The molecule has 2 heterocycles. The molecule has 1 N–H and O–H groups in total. The summed E-state index contributed by atoms with van der Waals surface area (Å²) >= 11 is 0. The van der Waals surface area contributed by atoms with Crippen LogP contribution in [0, 0.1) is 0 Å². The number of nitrogens with one attached hydrogen (secondary N) is 1. The van der Waals surface area contributed by atoms with Gasteiger partial charge in [0, 0.05) is 51.0 Å². The van der Waals surface area contributed by atoms with Crippen molar-refractivity contribution in [1.29, 1.82) is 0 Å². The SMILES string of the molecule is CN(c1ccccc1)C1CCN(C(=O)NC2CCN(CC(F)(F)F)CC2)CC1. The Morgan fingerprint density at radius 3 is 2.25 bits per heavy atom. The molecule has 8 heteroatoms. The van der Waals surface area contributed by atoms with Crippen LogP contribution in [0.4, 0.5) is 23.7 Å². The number of hydrogen-bond acceptors (Lipinski definition) is 3. The highest BCUT2D eigenvalue weighted by Gasteiger charge is 2.33. The topological polar surface area (TPSA) is 38.8 Å². The van der Waals surface area contributed by atoms with E-state index < -0.39 is 12.7 Å². The number of anilines is 1. The second-order valence-electron chi connectivity index (χ2n) is 7.78. The summed E-state index contributed by atoms with van der Waals surface area (Å²) in [5.74, 6) is 0. The molecule has 2 fully saturated rings. The van der Waals surface area contributed by atoms with Crippen molar-refractivity contribution in [2.75, 3.05) is 44.7 Å². The first-order valence-electron chi connectivity index (χ1n) is 9.94. The Hall–Kier alpha value is -1.96. The van der Waals surface area contributed by atoms with Gasteiger partial charge in [0.05, 0.1) is 6.54 Å². The Morgan fingerprint density at radius 1 is 1.07 bits per heavy atom. The van der Waals surface area contributed by atoms with Gasteiger partial charge in [-0.2, -0.15) is 13.2 Å². The monoisotopic (exact) mass is 398 g/mol. The largest absolute Gasteiger partial charge is 0.401 e. The smallest absolute Gasteiger partial charge is 0.371 e. The fourth-order valence-electron chi connectivity index (χ4n) is 4.09. The molecule has 0 atom stereocenters. The minimum absolute atomic E-state index is 0.0401. The van der Waals surface area contributed by atoms with Crippen LogP contribution in [0.5, 0.6) is 0 Å². The van der Waals surface area contributed by atoms with Crippen molar-refractivity contribution < 1.29 is 18.0 Å². The van der Waals surface area contributed by atoms with Gasteiger partial charge in [-0.15, -0.1) is 0 Å². The standard InChI is InChI=1S/C20H29F3N4O/c1-25(17-5-3-2-4-6-17)18-9-13-27(14-10-18)19(28)24-16-7-11-26(12-8-16)15-20(21,22)23/h2-6,16,18H,7-15H2,1H3,(H,24,28). The van der Waals surface area contributed by atoms with E-state index in [2.05, 4.69) is 29.4 Å². The van der Waals surface area contributed by atoms with Crippen molar-refractivity contribution in [2.45, 2.75) is 43.9 Å². The first-order chi connectivity index (χ1) is 13.3. The Balaban J connectivity index is 1.40. The number of urea groups is 1. The van der Waals surface area contributed by atoms with Crippen LogP contribution in [0.3, 0.4) is 0 Å². The maximum absolute atomic E-state index is 12.5. The molecule has 2 aliphatic heterocycles. The average Bonchev–Trinajstić information content (AvgIpc) is 2.68. The van der Waals surface area contributed by atoms with Gasteiger partial charge in [-0.1, -0.05) is 18.2 Å². The maximum atomic E-state index is 12.5. The number of halogens is 3. The Labute approximate surface area is 164 Å². The van der Waals surface area contributed by atoms with E-state index in [1.54, 1.807) is 0 Å². The zero-order chi connectivity index (χ0) is 20.1. The molecule has 0 aromatic heterocycles. The summed E-state index contributed by atoms with van der Waals surface area (Å²) in [5, 5.41) is 3.01. The normalized spacial score (nSPS) is 20.2. The van der Waals surface area contributed by atoms with Gasteiger partial charge >= 0.3 is 12.2 Å². The van der Waals surface area contributed by atoms with Crippen molar-refractivity contribution in [3.8, 4) is 0 Å². The molecular formula is C20H29F3N4O. The number of benzene rings is 1. The molecule has 1 aromatic carbocycles. The number of carbonyl (C=O) groups is 1. The van der Waals surface area contributed by atoms with E-state index >= 15 is 0 Å². The van der Waals surface area contributed by atoms with E-state index in [4.69, 9.17) is 0 Å². The zero-order valence-electron chi connectivity index (χ0n) is 16.3. The number of para-hydroxylation sites is 1. The van der Waals surface area contributed by atoms with Gasteiger partial charge in [0.15, 0.2) is 0 Å². The third-order valence-electron chi connectivity index (χ3n) is 5.78. The van der Waals surface area contributed by atoms with Gasteiger partial charge in [0.25, 0.3) is 0 Å². The predicted octanol–water partition coefficient (Wildman–Crippen LogP) is 3.32. The molecule has 1 aromatic rings. The molecule has 5 nitrogen and oxygen atoms in total. The molecule has 2 saturated heterocycles. The van der Waals surface area contributed by atoms with Crippen LogP contribution in [0.2, 0.25) is 0 Å². The lowest BCUT2D eigenvalue weighted by Gasteiger charge is -2.39. The third kappa shape index (κ3) is 5.77. The van der Waals surface area contributed by atoms with Crippen molar-refractivity contribution >= 4 is 11.7 Å². The number of carbonyl (C=O) groups excluding carboxylic acids is 1. The van der Waals surface area contributed by atoms with Crippen LogP contribution < -0.4 is 10.2 Å². The first kappa shape index (κ1) is 20.8. The third-order valence-corrected chi connectivity index (χ3v) is 5.78. The Kier molecular flexibility index (Phi) is 6.69. The molecular weight excluding hydrogens is 369 g/mol. The minimum atomic E-state index is -4.16. The number of amides is 2. The lowest BCUT2D eigenvalue weighted by molar-refractivity contribution is -0.148. The van der Waals surface area contributed by atoms with E-state index in [1.165, 1.54) is 10.6 Å². The van der Waals surface area contributed by atoms with Crippen LogP contribution in [-0.4, -0.2) is 73.9 Å². The molecule has 2 amide bonds. The lowest BCUT2D eigenvalue weighted by atomic mass is 10.0. The van der Waals surface area contributed by atoms with Crippen LogP contribution in [-0.2, 0) is 0 Å². The lowest BCUT2D eigenvalue weighted by Crippen LogP contribution is -2.53. The minimum Gasteiger partial charge on any atom is -0.371 e. The molecule has 156 valence electrons. The summed E-state index contributed by atoms with van der Waals surface area (Å²) in [4.78, 5) is 18.0. The van der Waals surface area contributed by atoms with Gasteiger partial charge in [-0.05, 0) is 37.8 Å². The highest BCUT2D eigenvalue weighted by Crippen LogP contribution is 2.23. The predicted molar refractivity (Wildman–Crippen MR) is 103 cm³/mol. The van der Waals surface area contributed by atoms with E-state index in [0.717, 1.165) is 12.8 Å². The van der Waals surface area contributed by atoms with E-state index in [1.807, 2.05) is 23.1 Å². The Bertz CT molecular complexity index is 624. The summed E-state index contributed by atoms with van der Waals surface area (Å²) in [7, 11) is 2.09. The second-order valence-corrected chi connectivity index (χ2v) is 7.78. The molecule has 28 heavy (non-hydrogen) atoms. The van der Waals surface area contributed by atoms with Crippen molar-refractivity contribution in [2.24, 2.45) is 0 Å². The van der Waals surface area contributed by atoms with Crippen LogP contribution in [0.1, 0.15) is 25.7 Å². The summed E-state index contributed by atoms with van der Waals surface area (Å²) in [6.07, 6.45) is -1.22. The molecule has 0 saturated carbocycles. The Morgan fingerprint density at radius 2 is 1.68 bits per heavy atom. The second kappa shape index (κ2) is 9.03. The van der Waals surface area contributed by atoms with Gasteiger partial charge in [0.2, 0.25) is 0 Å².